The van der Waals surface area contributed by atoms with E-state index in [-0.39, 0.29) is 23.8 Å². The van der Waals surface area contributed by atoms with Crippen LogP contribution >= 0.6 is 0 Å². The molecule has 1 aromatic heterocycles. The highest BCUT2D eigenvalue weighted by Gasteiger charge is 2.39. The second-order valence-electron chi connectivity index (χ2n) is 34.4. The summed E-state index contributed by atoms with van der Waals surface area (Å²) in [6.07, 6.45) is 4.34. The summed E-state index contributed by atoms with van der Waals surface area (Å²) in [5.41, 5.74) is 26.4. The van der Waals surface area contributed by atoms with Crippen molar-refractivity contribution in [2.45, 2.75) is 23.8 Å². The zero-order chi connectivity index (χ0) is 85.0. The maximum atomic E-state index is 6.65. The van der Waals surface area contributed by atoms with Crippen molar-refractivity contribution in [3.05, 3.63) is 535 Å². The summed E-state index contributed by atoms with van der Waals surface area (Å²) in [5, 5.41) is 19.9. The second-order valence-corrected chi connectivity index (χ2v) is 34.4. The number of hydrogen-bond acceptors (Lipinski definition) is 3. The molecule has 129 heavy (non-hydrogen) atoms. The number of nitrogens with zero attached hydrogens (tertiary/aromatic N) is 1. The molecule has 4 aliphatic rings. The maximum absolute atomic E-state index is 6.65. The fourth-order valence-corrected chi connectivity index (χ4v) is 21.4. The third kappa shape index (κ3) is 12.9. The average molecular weight is 1650 g/mol. The van der Waals surface area contributed by atoms with Crippen molar-refractivity contribution >= 4 is 86.2 Å². The van der Waals surface area contributed by atoms with Crippen LogP contribution in [-0.4, -0.2) is 0 Å². The van der Waals surface area contributed by atoms with Crippen LogP contribution in [0.15, 0.2) is 473 Å². The third-order valence-electron chi connectivity index (χ3n) is 27.4. The molecule has 27 rings (SSSR count). The van der Waals surface area contributed by atoms with Crippen molar-refractivity contribution < 1.29 is 18.8 Å². The lowest BCUT2D eigenvalue weighted by atomic mass is 9.76. The highest BCUT2D eigenvalue weighted by atomic mass is 16.5. The first kappa shape index (κ1) is 75.0. The Labute approximate surface area is 748 Å². The number of hydrogen-bond donors (Lipinski definition) is 0. The van der Waals surface area contributed by atoms with E-state index < -0.39 is 0 Å². The monoisotopic (exact) mass is 1640 g/mol. The molecule has 1 unspecified atom stereocenters. The molecule has 3 aliphatic heterocycles. The van der Waals surface area contributed by atoms with Crippen molar-refractivity contribution in [1.82, 2.24) is 0 Å². The number of ether oxygens (including phenoxy) is 3. The zero-order valence-corrected chi connectivity index (χ0v) is 70.5. The molecule has 0 fully saturated rings. The Morgan fingerprint density at radius 1 is 0.163 bits per heavy atom. The van der Waals surface area contributed by atoms with E-state index >= 15 is 0 Å². The summed E-state index contributed by atoms with van der Waals surface area (Å²) in [7, 11) is 0. The molecule has 1 atom stereocenters. The van der Waals surface area contributed by atoms with Crippen LogP contribution in [0.25, 0.3) is 142 Å². The van der Waals surface area contributed by atoms with E-state index in [2.05, 4.69) is 478 Å². The van der Waals surface area contributed by atoms with E-state index in [1.54, 1.807) is 0 Å². The molecule has 0 amide bonds. The largest absolute Gasteiger partial charge is 0.457 e. The number of rotatable bonds is 8. The molecule has 0 saturated heterocycles. The summed E-state index contributed by atoms with van der Waals surface area (Å²) >= 11 is 0. The minimum absolute atomic E-state index is 0.0284. The molecule has 0 spiro atoms. The Hall–Kier alpha value is -16.5. The smallest absolute Gasteiger partial charge is 0.210 e. The Morgan fingerprint density at radius 2 is 0.473 bits per heavy atom. The van der Waals surface area contributed by atoms with Crippen molar-refractivity contribution in [3.63, 3.8) is 0 Å². The van der Waals surface area contributed by atoms with Crippen LogP contribution in [0.3, 0.4) is 0 Å². The predicted octanol–water partition coefficient (Wildman–Crippen LogP) is 32.7. The molecule has 0 bridgehead atoms. The minimum Gasteiger partial charge on any atom is -0.457 e. The van der Waals surface area contributed by atoms with Gasteiger partial charge in [-0.05, 0) is 207 Å². The number of pyridine rings is 1. The van der Waals surface area contributed by atoms with E-state index in [0.717, 1.165) is 34.5 Å². The van der Waals surface area contributed by atoms with Crippen LogP contribution in [0.4, 0.5) is 0 Å². The quantitative estimate of drug-likeness (QED) is 0.142. The molecule has 0 N–H and O–H groups in total. The van der Waals surface area contributed by atoms with Gasteiger partial charge in [-0.2, -0.15) is 4.57 Å². The van der Waals surface area contributed by atoms with E-state index in [4.69, 9.17) is 14.2 Å². The predicted molar refractivity (Wildman–Crippen MR) is 532 cm³/mol. The van der Waals surface area contributed by atoms with E-state index in [1.807, 2.05) is 0 Å². The van der Waals surface area contributed by atoms with Crippen LogP contribution in [-0.2, 0) is 0 Å². The van der Waals surface area contributed by atoms with Crippen LogP contribution in [0, 0.1) is 0 Å². The average Bonchev–Trinajstić information content (AvgIpc) is 1.25. The summed E-state index contributed by atoms with van der Waals surface area (Å²) in [6, 6.07) is 167. The summed E-state index contributed by atoms with van der Waals surface area (Å²) in [6.45, 7) is 0. The first-order valence-electron chi connectivity index (χ1n) is 44.7. The summed E-state index contributed by atoms with van der Waals surface area (Å²) < 4.78 is 22.2. The highest BCUT2D eigenvalue weighted by molar-refractivity contribution is 6.04. The van der Waals surface area contributed by atoms with Gasteiger partial charge in [-0.1, -0.05) is 400 Å². The summed E-state index contributed by atoms with van der Waals surface area (Å²) in [4.78, 5) is 0. The van der Waals surface area contributed by atoms with Crippen LogP contribution in [0.5, 0.6) is 34.5 Å². The number of benzene rings is 22. The van der Waals surface area contributed by atoms with Gasteiger partial charge in [-0.3, -0.25) is 0 Å². The van der Waals surface area contributed by atoms with E-state index in [0.29, 0.717) is 0 Å². The molecular formula is C125H82NO3+. The Bertz CT molecular complexity index is 8160. The fraction of sp³-hybridized carbons (Fsp3) is 0.0320. The Balaban J connectivity index is 0.000000107. The highest BCUT2D eigenvalue weighted by Crippen LogP contribution is 2.58. The lowest BCUT2D eigenvalue weighted by molar-refractivity contribution is -0.704. The van der Waals surface area contributed by atoms with Gasteiger partial charge < -0.3 is 14.2 Å². The minimum atomic E-state index is 0.0284. The van der Waals surface area contributed by atoms with Crippen molar-refractivity contribution in [3.8, 4) is 90.1 Å². The van der Waals surface area contributed by atoms with Gasteiger partial charge in [0.2, 0.25) is 6.04 Å². The van der Waals surface area contributed by atoms with Gasteiger partial charge in [0.05, 0.1) is 0 Å². The van der Waals surface area contributed by atoms with E-state index in [1.165, 1.54) is 203 Å². The SMILES string of the molecule is c1cc[n+](C2c3ccccc3-c3cc(-c4ccc(-c5ccc(C6c7c(ccc8ccccc78)Oc7ccc8ccccc8c76)cc5)cc4)ccc32)cc1.c1ccc(-c2ccc(C3c4c(ccc5ccccc45)Oc4ccc5ccccc5c43)c3ccccc23)cc1.c1ccc(-c2ccc3cc(C4c5c(ccc6ccccc56)Oc5ccc6ccccc6c54)ccc3c2)cc1. The molecule has 22 aromatic carbocycles. The standard InChI is InChI=1S/C51H34NO.2C37H24O/c1-8-30-52(31-9-1)51-43-15-7-6-14-42(43)45-32-39(24-27-44(45)51)35-18-16-33(17-19-35)34-20-22-38(23-21-34)48-49-40-12-4-2-10-36(40)25-28-46(49)53-47-29-26-37-11-3-5-13-41(37)50(47)48;1-2-10-24(11-3-1)27-20-21-32(31-17-9-8-16-30(27)31)37-35-28-14-6-4-12-25(28)18-22-33(35)38-34-23-19-26-13-5-7-15-29(26)36(34)37;1-2-8-24(9-3-1)27-14-15-29-23-30(17-16-28(29)22-27)35-36-31-12-6-4-10-25(31)18-20-33(36)38-34-21-19-26-11-5-7-13-32(26)37(34)35/h1-32,48,51H;1-23,37H;1-23,35H/q+1;;. The van der Waals surface area contributed by atoms with Gasteiger partial charge >= 0.3 is 0 Å². The molecule has 23 aromatic rings. The number of aromatic nitrogens is 1. The van der Waals surface area contributed by atoms with Gasteiger partial charge in [0.25, 0.3) is 0 Å². The van der Waals surface area contributed by atoms with Crippen LogP contribution < -0.4 is 18.8 Å². The second kappa shape index (κ2) is 31.3. The third-order valence-corrected chi connectivity index (χ3v) is 27.4. The fourth-order valence-electron chi connectivity index (χ4n) is 21.4. The maximum Gasteiger partial charge on any atom is 0.210 e. The number of fused-ring (bicyclic) bond motifs is 23. The van der Waals surface area contributed by atoms with Crippen LogP contribution in [0.1, 0.15) is 85.0 Å². The first-order valence-corrected chi connectivity index (χ1v) is 44.7. The molecule has 0 radical (unpaired) electrons. The molecular weight excluding hydrogens is 1560 g/mol. The molecule has 604 valence electrons. The van der Waals surface area contributed by atoms with Gasteiger partial charge in [-0.15, -0.1) is 0 Å². The van der Waals surface area contributed by atoms with Gasteiger partial charge in [0, 0.05) is 74.4 Å². The van der Waals surface area contributed by atoms with Gasteiger partial charge in [-0.25, -0.2) is 0 Å². The molecule has 0 saturated carbocycles. The van der Waals surface area contributed by atoms with E-state index in [9.17, 15) is 0 Å². The topological polar surface area (TPSA) is 31.6 Å². The van der Waals surface area contributed by atoms with Gasteiger partial charge in [0.15, 0.2) is 12.4 Å². The summed E-state index contributed by atoms with van der Waals surface area (Å²) in [5.74, 6) is 5.74. The first-order chi connectivity index (χ1) is 64.0. The molecule has 1 aliphatic carbocycles. The molecule has 4 heterocycles. The lowest BCUT2D eigenvalue weighted by Gasteiger charge is -2.32. The van der Waals surface area contributed by atoms with Crippen LogP contribution in [0.2, 0.25) is 0 Å². The molecule has 4 heteroatoms. The molecule has 4 nitrogen and oxygen atoms in total. The zero-order valence-electron chi connectivity index (χ0n) is 70.5. The Morgan fingerprint density at radius 3 is 0.953 bits per heavy atom. The Kier molecular flexibility index (Phi) is 18.2. The lowest BCUT2D eigenvalue weighted by Crippen LogP contribution is -2.38. The van der Waals surface area contributed by atoms with Crippen molar-refractivity contribution in [2.24, 2.45) is 0 Å². The van der Waals surface area contributed by atoms with Crippen molar-refractivity contribution in [2.75, 3.05) is 0 Å². The van der Waals surface area contributed by atoms with Gasteiger partial charge in [0.1, 0.15) is 34.5 Å². The normalized spacial score (nSPS) is 13.4. The van der Waals surface area contributed by atoms with Crippen molar-refractivity contribution in [1.29, 1.82) is 0 Å².